The van der Waals surface area contributed by atoms with Crippen LogP contribution in [0.5, 0.6) is 0 Å². The molecule has 0 amide bonds. The van der Waals surface area contributed by atoms with Gasteiger partial charge in [0.1, 0.15) is 0 Å². The van der Waals surface area contributed by atoms with E-state index in [2.05, 4.69) is 60.3 Å². The first-order valence-electron chi connectivity index (χ1n) is 9.28. The Labute approximate surface area is 154 Å². The summed E-state index contributed by atoms with van der Waals surface area (Å²) in [7, 11) is 0. The number of hydrogen-bond donors (Lipinski definition) is 0. The lowest BCUT2D eigenvalue weighted by Crippen LogP contribution is -2.51. The normalized spacial score (nSPS) is 20.2. The number of hydrogen-bond acceptors (Lipinski definition) is 6. The molecule has 6 heteroatoms. The van der Waals surface area contributed by atoms with E-state index in [1.165, 1.54) is 37.0 Å². The fraction of sp³-hybridized carbons (Fsp3) is 0.526. The predicted molar refractivity (Wildman–Crippen MR) is 106 cm³/mol. The molecule has 2 aliphatic heterocycles. The van der Waals surface area contributed by atoms with Crippen LogP contribution in [0.15, 0.2) is 41.9 Å². The van der Waals surface area contributed by atoms with Gasteiger partial charge in [0, 0.05) is 82.7 Å². The van der Waals surface area contributed by atoms with Crippen LogP contribution in [-0.4, -0.2) is 80.2 Å². The zero-order chi connectivity index (χ0) is 16.9. The van der Waals surface area contributed by atoms with E-state index in [9.17, 15) is 0 Å². The van der Waals surface area contributed by atoms with Crippen LogP contribution < -0.4 is 9.80 Å². The molecule has 0 N–H and O–H groups in total. The Morgan fingerprint density at radius 2 is 1.36 bits per heavy atom. The van der Waals surface area contributed by atoms with E-state index < -0.39 is 0 Å². The van der Waals surface area contributed by atoms with Crippen molar-refractivity contribution in [1.29, 1.82) is 0 Å². The zero-order valence-corrected chi connectivity index (χ0v) is 15.6. The highest BCUT2D eigenvalue weighted by atomic mass is 32.1. The standard InChI is InChI=1S/C19H27N5S/c1-2-4-18(5-3-1)23-13-9-21(10-14-23)7-8-22-11-15-24(16-12-22)19-20-6-17-25-19/h1-6,17H,7-16H2. The summed E-state index contributed by atoms with van der Waals surface area (Å²) in [5, 5.41) is 3.24. The minimum atomic E-state index is 1.11. The summed E-state index contributed by atoms with van der Waals surface area (Å²) in [5.74, 6) is 0. The monoisotopic (exact) mass is 357 g/mol. The van der Waals surface area contributed by atoms with E-state index in [-0.39, 0.29) is 0 Å². The van der Waals surface area contributed by atoms with Crippen molar-refractivity contribution in [1.82, 2.24) is 14.8 Å². The van der Waals surface area contributed by atoms with Crippen LogP contribution in [0.4, 0.5) is 10.8 Å². The molecule has 3 heterocycles. The Balaban J connectivity index is 1.17. The molecule has 0 spiro atoms. The second kappa shape index (κ2) is 8.17. The molecule has 1 aromatic carbocycles. The summed E-state index contributed by atoms with van der Waals surface area (Å²) in [6.07, 6.45) is 1.90. The highest BCUT2D eigenvalue weighted by molar-refractivity contribution is 7.13. The topological polar surface area (TPSA) is 25.9 Å². The highest BCUT2D eigenvalue weighted by Gasteiger charge is 2.21. The third-order valence-corrected chi connectivity index (χ3v) is 6.12. The number of aromatic nitrogens is 1. The predicted octanol–water partition coefficient (Wildman–Crippen LogP) is 2.09. The minimum Gasteiger partial charge on any atom is -0.369 e. The maximum Gasteiger partial charge on any atom is 0.185 e. The van der Waals surface area contributed by atoms with Crippen LogP contribution in [-0.2, 0) is 0 Å². The van der Waals surface area contributed by atoms with Crippen molar-refractivity contribution in [3.8, 4) is 0 Å². The summed E-state index contributed by atoms with van der Waals surface area (Å²) in [4.78, 5) is 14.6. The van der Waals surface area contributed by atoms with Gasteiger partial charge in [0.05, 0.1) is 0 Å². The van der Waals surface area contributed by atoms with Crippen molar-refractivity contribution in [2.24, 2.45) is 0 Å². The molecule has 2 aliphatic rings. The van der Waals surface area contributed by atoms with Gasteiger partial charge < -0.3 is 9.80 Å². The van der Waals surface area contributed by atoms with Gasteiger partial charge in [0.25, 0.3) is 0 Å². The van der Waals surface area contributed by atoms with Crippen LogP contribution in [0.1, 0.15) is 0 Å². The van der Waals surface area contributed by atoms with E-state index in [4.69, 9.17) is 0 Å². The minimum absolute atomic E-state index is 1.11. The third-order valence-electron chi connectivity index (χ3n) is 5.29. The van der Waals surface area contributed by atoms with Crippen LogP contribution in [0.25, 0.3) is 0 Å². The maximum atomic E-state index is 4.43. The molecule has 25 heavy (non-hydrogen) atoms. The van der Waals surface area contributed by atoms with Crippen LogP contribution in [0, 0.1) is 0 Å². The molecule has 5 nitrogen and oxygen atoms in total. The number of piperazine rings is 2. The Morgan fingerprint density at radius 3 is 1.92 bits per heavy atom. The molecule has 134 valence electrons. The van der Waals surface area contributed by atoms with Crippen molar-refractivity contribution in [3.63, 3.8) is 0 Å². The fourth-order valence-electron chi connectivity index (χ4n) is 3.69. The number of thiazole rings is 1. The van der Waals surface area contributed by atoms with Gasteiger partial charge in [-0.3, -0.25) is 9.80 Å². The van der Waals surface area contributed by atoms with Crippen molar-refractivity contribution in [3.05, 3.63) is 41.9 Å². The van der Waals surface area contributed by atoms with Gasteiger partial charge in [-0.05, 0) is 12.1 Å². The quantitative estimate of drug-likeness (QED) is 0.816. The lowest BCUT2D eigenvalue weighted by molar-refractivity contribution is 0.190. The highest BCUT2D eigenvalue weighted by Crippen LogP contribution is 2.19. The van der Waals surface area contributed by atoms with Gasteiger partial charge in [-0.15, -0.1) is 11.3 Å². The van der Waals surface area contributed by atoms with Crippen LogP contribution >= 0.6 is 11.3 Å². The SMILES string of the molecule is c1ccc(N2CCN(CCN3CCN(c4nccs4)CC3)CC2)cc1. The molecule has 4 rings (SSSR count). The molecule has 0 bridgehead atoms. The number of benzene rings is 1. The molecular weight excluding hydrogens is 330 g/mol. The first kappa shape index (κ1) is 16.8. The molecule has 2 saturated heterocycles. The van der Waals surface area contributed by atoms with Crippen molar-refractivity contribution in [2.75, 3.05) is 75.2 Å². The second-order valence-electron chi connectivity index (χ2n) is 6.81. The molecule has 0 unspecified atom stereocenters. The number of para-hydroxylation sites is 1. The molecule has 0 radical (unpaired) electrons. The first-order valence-corrected chi connectivity index (χ1v) is 10.2. The van der Waals surface area contributed by atoms with Crippen molar-refractivity contribution >= 4 is 22.2 Å². The van der Waals surface area contributed by atoms with Gasteiger partial charge in [0.15, 0.2) is 5.13 Å². The van der Waals surface area contributed by atoms with Crippen LogP contribution in [0.3, 0.4) is 0 Å². The number of anilines is 2. The van der Waals surface area contributed by atoms with E-state index in [1.807, 2.05) is 6.20 Å². The van der Waals surface area contributed by atoms with E-state index in [0.29, 0.717) is 0 Å². The summed E-state index contributed by atoms with van der Waals surface area (Å²) in [5.41, 5.74) is 1.36. The zero-order valence-electron chi connectivity index (χ0n) is 14.8. The molecular formula is C19H27N5S. The molecule has 1 aromatic heterocycles. The number of rotatable bonds is 5. The van der Waals surface area contributed by atoms with E-state index in [1.54, 1.807) is 11.3 Å². The lowest BCUT2D eigenvalue weighted by Gasteiger charge is -2.38. The summed E-state index contributed by atoms with van der Waals surface area (Å²) < 4.78 is 0. The van der Waals surface area contributed by atoms with Crippen LogP contribution in [0.2, 0.25) is 0 Å². The fourth-order valence-corrected chi connectivity index (χ4v) is 4.38. The largest absolute Gasteiger partial charge is 0.369 e. The van der Waals surface area contributed by atoms with Gasteiger partial charge in [-0.1, -0.05) is 18.2 Å². The molecule has 2 fully saturated rings. The molecule has 2 aromatic rings. The lowest BCUT2D eigenvalue weighted by atomic mass is 10.2. The van der Waals surface area contributed by atoms with E-state index in [0.717, 1.165) is 39.3 Å². The molecule has 0 aliphatic carbocycles. The van der Waals surface area contributed by atoms with Gasteiger partial charge in [-0.2, -0.15) is 0 Å². The summed E-state index contributed by atoms with van der Waals surface area (Å²) >= 11 is 1.75. The van der Waals surface area contributed by atoms with E-state index >= 15 is 0 Å². The average Bonchev–Trinajstić information content (AvgIpc) is 3.23. The molecule has 0 atom stereocenters. The Hall–Kier alpha value is -1.63. The Morgan fingerprint density at radius 1 is 0.760 bits per heavy atom. The number of nitrogens with zero attached hydrogens (tertiary/aromatic N) is 5. The Kier molecular flexibility index (Phi) is 5.49. The smallest absolute Gasteiger partial charge is 0.185 e. The molecule has 0 saturated carbocycles. The van der Waals surface area contributed by atoms with Gasteiger partial charge in [-0.25, -0.2) is 4.98 Å². The first-order chi connectivity index (χ1) is 12.4. The average molecular weight is 358 g/mol. The van der Waals surface area contributed by atoms with Gasteiger partial charge >= 0.3 is 0 Å². The second-order valence-corrected chi connectivity index (χ2v) is 7.68. The summed E-state index contributed by atoms with van der Waals surface area (Å²) in [6.45, 7) is 11.5. The third kappa shape index (κ3) is 4.32. The van der Waals surface area contributed by atoms with Crippen molar-refractivity contribution < 1.29 is 0 Å². The van der Waals surface area contributed by atoms with Crippen molar-refractivity contribution in [2.45, 2.75) is 0 Å². The Bertz CT molecular complexity index is 617. The summed E-state index contributed by atoms with van der Waals surface area (Å²) in [6, 6.07) is 10.8. The maximum absolute atomic E-state index is 4.43. The van der Waals surface area contributed by atoms with Gasteiger partial charge in [0.2, 0.25) is 0 Å².